The van der Waals surface area contributed by atoms with Gasteiger partial charge in [0.25, 0.3) is 11.8 Å². The summed E-state index contributed by atoms with van der Waals surface area (Å²) in [5, 5.41) is 0.553. The fraction of sp³-hybridized carbons (Fsp3) is 0.211. The molecule has 5 nitrogen and oxygen atoms in total. The van der Waals surface area contributed by atoms with Crippen molar-refractivity contribution in [2.75, 3.05) is 0 Å². The molecule has 120 valence electrons. The van der Waals surface area contributed by atoms with Crippen LogP contribution in [0.3, 0.4) is 0 Å². The molecule has 0 N–H and O–H groups in total. The second kappa shape index (κ2) is 5.60. The van der Waals surface area contributed by atoms with Crippen LogP contribution in [0.25, 0.3) is 0 Å². The molecule has 1 aliphatic heterocycles. The molecular weight excluding hydrogens is 306 g/mol. The molecule has 0 unspecified atom stereocenters. The van der Waals surface area contributed by atoms with Crippen molar-refractivity contribution in [2.45, 2.75) is 25.2 Å². The maximum atomic E-state index is 12.2. The molecule has 0 bridgehead atoms. The van der Waals surface area contributed by atoms with Crippen LogP contribution in [0.15, 0.2) is 48.5 Å². The second-order valence-corrected chi connectivity index (χ2v) is 6.11. The van der Waals surface area contributed by atoms with Gasteiger partial charge in [-0.3, -0.25) is 9.59 Å². The van der Waals surface area contributed by atoms with E-state index in [9.17, 15) is 14.4 Å². The number of amides is 2. The van der Waals surface area contributed by atoms with E-state index in [-0.39, 0.29) is 17.5 Å². The molecule has 1 aliphatic carbocycles. The van der Waals surface area contributed by atoms with E-state index in [0.29, 0.717) is 11.0 Å². The van der Waals surface area contributed by atoms with Gasteiger partial charge in [-0.2, -0.15) is 0 Å². The predicted octanol–water partition coefficient (Wildman–Crippen LogP) is 2.86. The fourth-order valence-electron chi connectivity index (χ4n) is 2.92. The first-order chi connectivity index (χ1) is 11.6. The molecule has 0 spiro atoms. The van der Waals surface area contributed by atoms with Gasteiger partial charge in [0.1, 0.15) is 0 Å². The number of imide groups is 1. The van der Waals surface area contributed by atoms with E-state index in [1.807, 2.05) is 18.2 Å². The molecule has 2 aromatic carbocycles. The minimum absolute atomic E-state index is 0.0218. The molecule has 5 heteroatoms. The highest BCUT2D eigenvalue weighted by Gasteiger charge is 2.38. The van der Waals surface area contributed by atoms with Crippen LogP contribution < -0.4 is 0 Å². The number of carbonyl (C=O) groups is 3. The Labute approximate surface area is 138 Å². The van der Waals surface area contributed by atoms with Crippen LogP contribution in [0.5, 0.6) is 0 Å². The van der Waals surface area contributed by atoms with E-state index in [1.165, 1.54) is 18.4 Å². The lowest BCUT2D eigenvalue weighted by Crippen LogP contribution is -2.33. The monoisotopic (exact) mass is 321 g/mol. The Balaban J connectivity index is 1.46. The van der Waals surface area contributed by atoms with Gasteiger partial charge in [-0.25, -0.2) is 4.79 Å². The van der Waals surface area contributed by atoms with Crippen molar-refractivity contribution in [1.82, 2.24) is 5.06 Å². The average Bonchev–Trinajstić information content (AvgIpc) is 3.41. The van der Waals surface area contributed by atoms with Crippen LogP contribution in [0.4, 0.5) is 0 Å². The summed E-state index contributed by atoms with van der Waals surface area (Å²) >= 11 is 0. The van der Waals surface area contributed by atoms with E-state index < -0.39 is 17.8 Å². The number of rotatable bonds is 4. The van der Waals surface area contributed by atoms with Crippen molar-refractivity contribution >= 4 is 17.8 Å². The third kappa shape index (κ3) is 2.58. The van der Waals surface area contributed by atoms with Crippen molar-refractivity contribution in [1.29, 1.82) is 0 Å². The zero-order chi connectivity index (χ0) is 16.7. The van der Waals surface area contributed by atoms with Gasteiger partial charge in [-0.1, -0.05) is 41.5 Å². The molecule has 1 fully saturated rings. The molecule has 2 amide bonds. The largest absolute Gasteiger partial charge is 0.337 e. The number of carbonyl (C=O) groups excluding carboxylic acids is 3. The zero-order valence-electron chi connectivity index (χ0n) is 12.9. The first-order valence-corrected chi connectivity index (χ1v) is 7.91. The highest BCUT2D eigenvalue weighted by molar-refractivity contribution is 6.20. The third-order valence-electron chi connectivity index (χ3n) is 4.30. The smallest absolute Gasteiger partial charge is 0.329 e. The highest BCUT2D eigenvalue weighted by atomic mass is 16.7. The minimum Gasteiger partial charge on any atom is -0.329 e. The van der Waals surface area contributed by atoms with Crippen molar-refractivity contribution in [3.8, 4) is 0 Å². The van der Waals surface area contributed by atoms with Gasteiger partial charge in [0, 0.05) is 0 Å². The molecule has 1 saturated carbocycles. The molecule has 2 aromatic rings. The summed E-state index contributed by atoms with van der Waals surface area (Å²) in [6.07, 6.45) is 2.39. The summed E-state index contributed by atoms with van der Waals surface area (Å²) in [6, 6.07) is 14.2. The van der Waals surface area contributed by atoms with E-state index in [2.05, 4.69) is 6.07 Å². The van der Waals surface area contributed by atoms with Crippen LogP contribution in [-0.2, 0) is 16.1 Å². The molecule has 0 aromatic heterocycles. The standard InChI is InChI=1S/C19H15NO4/c21-17(11-12-4-3-5-14(10-12)13-8-9-13)24-20-18(22)15-6-1-2-7-16(15)19(20)23/h1-7,10,13H,8-9,11H2. The van der Waals surface area contributed by atoms with Crippen LogP contribution in [0.2, 0.25) is 0 Å². The average molecular weight is 321 g/mol. The summed E-state index contributed by atoms with van der Waals surface area (Å²) in [7, 11) is 0. The maximum absolute atomic E-state index is 12.2. The molecule has 4 rings (SSSR count). The predicted molar refractivity (Wildman–Crippen MR) is 85.2 cm³/mol. The Hall–Kier alpha value is -2.95. The number of benzene rings is 2. The lowest BCUT2D eigenvalue weighted by atomic mass is 10.1. The molecular formula is C19H15NO4. The quantitative estimate of drug-likeness (QED) is 0.812. The zero-order valence-corrected chi connectivity index (χ0v) is 12.9. The maximum Gasteiger partial charge on any atom is 0.337 e. The first kappa shape index (κ1) is 14.6. The molecule has 0 saturated heterocycles. The van der Waals surface area contributed by atoms with E-state index >= 15 is 0 Å². The number of hydrogen-bond donors (Lipinski definition) is 0. The first-order valence-electron chi connectivity index (χ1n) is 7.91. The number of hydroxylamine groups is 2. The van der Waals surface area contributed by atoms with Crippen molar-refractivity contribution in [2.24, 2.45) is 0 Å². The Morgan fingerprint density at radius 1 is 1.00 bits per heavy atom. The molecule has 0 radical (unpaired) electrons. The molecule has 1 heterocycles. The van der Waals surface area contributed by atoms with E-state index in [0.717, 1.165) is 5.56 Å². The van der Waals surface area contributed by atoms with Crippen LogP contribution in [0.1, 0.15) is 50.6 Å². The van der Waals surface area contributed by atoms with E-state index in [1.54, 1.807) is 24.3 Å². The Kier molecular flexibility index (Phi) is 3.41. The van der Waals surface area contributed by atoms with Gasteiger partial charge in [0.05, 0.1) is 17.5 Å². The second-order valence-electron chi connectivity index (χ2n) is 6.11. The Morgan fingerprint density at radius 3 is 2.29 bits per heavy atom. The van der Waals surface area contributed by atoms with Gasteiger partial charge in [0.15, 0.2) is 0 Å². The third-order valence-corrected chi connectivity index (χ3v) is 4.30. The van der Waals surface area contributed by atoms with Crippen LogP contribution >= 0.6 is 0 Å². The molecule has 24 heavy (non-hydrogen) atoms. The van der Waals surface area contributed by atoms with Crippen LogP contribution in [0, 0.1) is 0 Å². The fourth-order valence-corrected chi connectivity index (χ4v) is 2.92. The Morgan fingerprint density at radius 2 is 1.67 bits per heavy atom. The highest BCUT2D eigenvalue weighted by Crippen LogP contribution is 2.40. The number of hydrogen-bond acceptors (Lipinski definition) is 4. The van der Waals surface area contributed by atoms with Gasteiger partial charge in [-0.05, 0) is 42.0 Å². The van der Waals surface area contributed by atoms with Crippen LogP contribution in [-0.4, -0.2) is 22.8 Å². The van der Waals surface area contributed by atoms with Gasteiger partial charge in [-0.15, -0.1) is 0 Å². The van der Waals surface area contributed by atoms with Gasteiger partial charge in [0.2, 0.25) is 0 Å². The summed E-state index contributed by atoms with van der Waals surface area (Å²) in [5.74, 6) is -1.24. The van der Waals surface area contributed by atoms with Gasteiger partial charge >= 0.3 is 5.97 Å². The summed E-state index contributed by atoms with van der Waals surface area (Å²) < 4.78 is 0. The molecule has 2 aliphatic rings. The van der Waals surface area contributed by atoms with Crippen molar-refractivity contribution in [3.63, 3.8) is 0 Å². The number of nitrogens with zero attached hydrogens (tertiary/aromatic N) is 1. The Bertz CT molecular complexity index is 819. The normalized spacial score (nSPS) is 16.2. The van der Waals surface area contributed by atoms with Crippen molar-refractivity contribution in [3.05, 3.63) is 70.8 Å². The summed E-state index contributed by atoms with van der Waals surface area (Å²) in [5.41, 5.74) is 2.55. The number of fused-ring (bicyclic) bond motifs is 1. The lowest BCUT2D eigenvalue weighted by Gasteiger charge is -2.13. The lowest BCUT2D eigenvalue weighted by molar-refractivity contribution is -0.167. The summed E-state index contributed by atoms with van der Waals surface area (Å²) in [6.45, 7) is 0. The van der Waals surface area contributed by atoms with E-state index in [4.69, 9.17) is 4.84 Å². The SMILES string of the molecule is O=C(Cc1cccc(C2CC2)c1)ON1C(=O)c2ccccc2C1=O. The minimum atomic E-state index is -0.627. The van der Waals surface area contributed by atoms with Gasteiger partial charge < -0.3 is 4.84 Å². The molecule has 0 atom stereocenters. The summed E-state index contributed by atoms with van der Waals surface area (Å²) in [4.78, 5) is 41.5. The topological polar surface area (TPSA) is 63.7 Å². The van der Waals surface area contributed by atoms with Crippen molar-refractivity contribution < 1.29 is 19.2 Å².